The fourth-order valence-corrected chi connectivity index (χ4v) is 3.71. The van der Waals surface area contributed by atoms with Crippen molar-refractivity contribution in [3.8, 4) is 5.75 Å². The van der Waals surface area contributed by atoms with E-state index < -0.39 is 0 Å². The van der Waals surface area contributed by atoms with Crippen LogP contribution in [0.15, 0.2) is 48.5 Å². The van der Waals surface area contributed by atoms with Gasteiger partial charge >= 0.3 is 0 Å². The zero-order chi connectivity index (χ0) is 18.2. The highest BCUT2D eigenvalue weighted by Gasteiger charge is 2.13. The molecule has 0 heterocycles. The topological polar surface area (TPSA) is 21.3 Å². The molecule has 140 valence electrons. The van der Waals surface area contributed by atoms with Gasteiger partial charge in [-0.1, -0.05) is 70.2 Å². The molecule has 0 saturated heterocycles. The Morgan fingerprint density at radius 2 is 1.62 bits per heavy atom. The average molecular weight is 352 g/mol. The second-order valence-corrected chi connectivity index (χ2v) is 7.92. The molecular formula is C24H33NO. The molecule has 0 amide bonds. The molecule has 0 aliphatic heterocycles. The summed E-state index contributed by atoms with van der Waals surface area (Å²) in [5, 5.41) is 3.49. The van der Waals surface area contributed by atoms with Crippen molar-refractivity contribution in [1.29, 1.82) is 0 Å². The highest BCUT2D eigenvalue weighted by atomic mass is 16.5. The van der Waals surface area contributed by atoms with Gasteiger partial charge in [0.05, 0.1) is 6.61 Å². The maximum atomic E-state index is 5.93. The summed E-state index contributed by atoms with van der Waals surface area (Å²) in [6, 6.07) is 17.2. The van der Waals surface area contributed by atoms with Crippen molar-refractivity contribution in [1.82, 2.24) is 0 Å². The Labute approximate surface area is 159 Å². The van der Waals surface area contributed by atoms with Crippen molar-refractivity contribution < 1.29 is 4.74 Å². The van der Waals surface area contributed by atoms with E-state index in [0.717, 1.165) is 30.5 Å². The third-order valence-electron chi connectivity index (χ3n) is 5.52. The number of nitrogens with one attached hydrogen (secondary N) is 1. The van der Waals surface area contributed by atoms with Crippen LogP contribution in [0.4, 0.5) is 5.69 Å². The maximum Gasteiger partial charge on any atom is 0.119 e. The lowest BCUT2D eigenvalue weighted by Gasteiger charge is -2.21. The zero-order valence-corrected chi connectivity index (χ0v) is 16.3. The van der Waals surface area contributed by atoms with Gasteiger partial charge in [-0.05, 0) is 53.6 Å². The summed E-state index contributed by atoms with van der Waals surface area (Å²) in [7, 11) is 0. The summed E-state index contributed by atoms with van der Waals surface area (Å²) >= 11 is 0. The monoisotopic (exact) mass is 351 g/mol. The molecule has 0 spiro atoms. The molecule has 0 radical (unpaired) electrons. The molecule has 2 aromatic rings. The van der Waals surface area contributed by atoms with Crippen molar-refractivity contribution >= 4 is 5.69 Å². The molecule has 0 bridgehead atoms. The first-order valence-corrected chi connectivity index (χ1v) is 10.3. The Balaban J connectivity index is 1.40. The smallest absolute Gasteiger partial charge is 0.119 e. The molecule has 2 aromatic carbocycles. The van der Waals surface area contributed by atoms with Gasteiger partial charge in [-0.15, -0.1) is 0 Å². The van der Waals surface area contributed by atoms with Gasteiger partial charge in [0.25, 0.3) is 0 Å². The van der Waals surface area contributed by atoms with Crippen LogP contribution in [0.3, 0.4) is 0 Å². The Hall–Kier alpha value is -1.96. The number of hydrogen-bond donors (Lipinski definition) is 1. The van der Waals surface area contributed by atoms with Gasteiger partial charge < -0.3 is 10.1 Å². The average Bonchev–Trinajstić information content (AvgIpc) is 2.68. The lowest BCUT2D eigenvalue weighted by Crippen LogP contribution is -2.10. The summed E-state index contributed by atoms with van der Waals surface area (Å²) < 4.78 is 5.93. The summed E-state index contributed by atoms with van der Waals surface area (Å²) in [5.41, 5.74) is 3.84. The quantitative estimate of drug-likeness (QED) is 0.566. The molecule has 0 unspecified atom stereocenters. The molecule has 26 heavy (non-hydrogen) atoms. The van der Waals surface area contributed by atoms with E-state index in [0.29, 0.717) is 5.92 Å². The fourth-order valence-electron chi connectivity index (χ4n) is 3.71. The lowest BCUT2D eigenvalue weighted by molar-refractivity contribution is 0.246. The molecule has 0 atom stereocenters. The molecule has 1 aliphatic carbocycles. The van der Waals surface area contributed by atoms with Crippen LogP contribution in [0.2, 0.25) is 0 Å². The summed E-state index contributed by atoms with van der Waals surface area (Å²) in [4.78, 5) is 0. The Morgan fingerprint density at radius 1 is 0.923 bits per heavy atom. The molecule has 2 heteroatoms. The molecule has 0 aromatic heterocycles. The second-order valence-electron chi connectivity index (χ2n) is 7.92. The van der Waals surface area contributed by atoms with E-state index in [1.54, 1.807) is 0 Å². The van der Waals surface area contributed by atoms with Crippen LogP contribution in [0.25, 0.3) is 0 Å². The van der Waals surface area contributed by atoms with Crippen LogP contribution >= 0.6 is 0 Å². The first-order chi connectivity index (χ1) is 12.7. The molecule has 3 rings (SSSR count). The highest BCUT2D eigenvalue weighted by molar-refractivity contribution is 5.46. The largest absolute Gasteiger partial charge is 0.494 e. The van der Waals surface area contributed by atoms with Gasteiger partial charge in [-0.3, -0.25) is 0 Å². The van der Waals surface area contributed by atoms with Gasteiger partial charge in [0.15, 0.2) is 0 Å². The van der Waals surface area contributed by atoms with E-state index in [9.17, 15) is 0 Å². The van der Waals surface area contributed by atoms with Crippen LogP contribution in [-0.2, 0) is 6.54 Å². The van der Waals surface area contributed by atoms with Crippen molar-refractivity contribution in [2.45, 2.75) is 64.8 Å². The molecule has 1 aliphatic rings. The zero-order valence-electron chi connectivity index (χ0n) is 16.3. The molecule has 2 nitrogen and oxygen atoms in total. The molecule has 1 saturated carbocycles. The van der Waals surface area contributed by atoms with E-state index in [-0.39, 0.29) is 0 Å². The third kappa shape index (κ3) is 5.79. The number of hydrogen-bond acceptors (Lipinski definition) is 2. The number of benzene rings is 2. The normalized spacial score (nSPS) is 15.2. The van der Waals surface area contributed by atoms with Gasteiger partial charge in [-0.25, -0.2) is 0 Å². The summed E-state index contributed by atoms with van der Waals surface area (Å²) in [6.07, 6.45) is 8.23. The van der Waals surface area contributed by atoms with Crippen molar-refractivity contribution in [3.63, 3.8) is 0 Å². The molecule has 1 fully saturated rings. The van der Waals surface area contributed by atoms with Gasteiger partial charge in [0.1, 0.15) is 5.75 Å². The second kappa shape index (κ2) is 9.66. The van der Waals surface area contributed by atoms with E-state index >= 15 is 0 Å². The SMILES string of the molecule is CC(C)c1ccc(CNc2ccc(OCCC3CCCCC3)cc2)cc1. The summed E-state index contributed by atoms with van der Waals surface area (Å²) in [6.45, 7) is 6.15. The molecular weight excluding hydrogens is 318 g/mol. The molecule has 1 N–H and O–H groups in total. The van der Waals surface area contributed by atoms with Crippen LogP contribution in [0, 0.1) is 5.92 Å². The van der Waals surface area contributed by atoms with Gasteiger partial charge in [0, 0.05) is 12.2 Å². The third-order valence-corrected chi connectivity index (χ3v) is 5.52. The van der Waals surface area contributed by atoms with E-state index in [1.807, 2.05) is 0 Å². The minimum Gasteiger partial charge on any atom is -0.494 e. The first-order valence-electron chi connectivity index (χ1n) is 10.3. The highest BCUT2D eigenvalue weighted by Crippen LogP contribution is 2.26. The van der Waals surface area contributed by atoms with Gasteiger partial charge in [-0.2, -0.15) is 0 Å². The van der Waals surface area contributed by atoms with E-state index in [4.69, 9.17) is 4.74 Å². The van der Waals surface area contributed by atoms with E-state index in [2.05, 4.69) is 67.7 Å². The Kier molecular flexibility index (Phi) is 6.99. The number of anilines is 1. The van der Waals surface area contributed by atoms with Crippen molar-refractivity contribution in [2.24, 2.45) is 5.92 Å². The van der Waals surface area contributed by atoms with Crippen LogP contribution in [0.5, 0.6) is 5.75 Å². The van der Waals surface area contributed by atoms with Gasteiger partial charge in [0.2, 0.25) is 0 Å². The minimum absolute atomic E-state index is 0.586. The van der Waals surface area contributed by atoms with Crippen molar-refractivity contribution in [3.05, 3.63) is 59.7 Å². The Morgan fingerprint density at radius 3 is 2.27 bits per heavy atom. The number of rotatable bonds is 8. The van der Waals surface area contributed by atoms with Crippen molar-refractivity contribution in [2.75, 3.05) is 11.9 Å². The van der Waals surface area contributed by atoms with Crippen LogP contribution in [0.1, 0.15) is 69.4 Å². The lowest BCUT2D eigenvalue weighted by atomic mass is 9.87. The van der Waals surface area contributed by atoms with E-state index in [1.165, 1.54) is 49.7 Å². The maximum absolute atomic E-state index is 5.93. The summed E-state index contributed by atoms with van der Waals surface area (Å²) in [5.74, 6) is 2.45. The Bertz CT molecular complexity index is 639. The predicted molar refractivity (Wildman–Crippen MR) is 111 cm³/mol. The van der Waals surface area contributed by atoms with Crippen LogP contribution < -0.4 is 10.1 Å². The predicted octanol–water partition coefficient (Wildman–Crippen LogP) is 6.77. The fraction of sp³-hybridized carbons (Fsp3) is 0.500. The first kappa shape index (κ1) is 18.8. The minimum atomic E-state index is 0.586. The number of ether oxygens (including phenoxy) is 1. The van der Waals surface area contributed by atoms with Crippen LogP contribution in [-0.4, -0.2) is 6.61 Å². The standard InChI is InChI=1S/C24H33NO/c1-19(2)22-10-8-21(9-11-22)18-25-23-12-14-24(15-13-23)26-17-16-20-6-4-3-5-7-20/h8-15,19-20,25H,3-7,16-18H2,1-2H3.